The molecule has 0 fully saturated rings. The van der Waals surface area contributed by atoms with Gasteiger partial charge in [0, 0.05) is 62.9 Å². The fraction of sp³-hybridized carbons (Fsp3) is 0.375. The van der Waals surface area contributed by atoms with Crippen LogP contribution in [0.25, 0.3) is 0 Å². The van der Waals surface area contributed by atoms with Gasteiger partial charge in [0.05, 0.1) is 11.8 Å². The maximum Gasteiger partial charge on any atom is 0.205 e. The normalized spacial score (nSPS) is 21.3. The molecule has 0 radical (unpaired) electrons. The number of carbonyl (C=O) groups is 2. The van der Waals surface area contributed by atoms with E-state index >= 15 is 0 Å². The Morgan fingerprint density at radius 2 is 1.16 bits per heavy atom. The molecule has 2 aromatic heterocycles. The summed E-state index contributed by atoms with van der Waals surface area (Å²) in [6.07, 6.45) is 4.01. The highest BCUT2D eigenvalue weighted by molar-refractivity contribution is 7.12. The van der Waals surface area contributed by atoms with Gasteiger partial charge in [0.1, 0.15) is 34.8 Å². The predicted octanol–water partition coefficient (Wildman–Crippen LogP) is 5.74. The zero-order valence-corrected chi connectivity index (χ0v) is 26.0. The number of ketones is 2. The van der Waals surface area contributed by atoms with Crippen molar-refractivity contribution >= 4 is 34.2 Å². The van der Waals surface area contributed by atoms with Gasteiger partial charge < -0.3 is 26.0 Å². The summed E-state index contributed by atoms with van der Waals surface area (Å²) >= 11 is 3.18. The van der Waals surface area contributed by atoms with E-state index in [-0.39, 0.29) is 41.8 Å². The van der Waals surface area contributed by atoms with Crippen molar-refractivity contribution in [2.75, 3.05) is 6.61 Å². The molecule has 2 aliphatic heterocycles. The summed E-state index contributed by atoms with van der Waals surface area (Å²) in [5.74, 6) is 1.01. The minimum Gasteiger partial charge on any atom is -0.444 e. The number of hydrogen-bond acceptors (Lipinski definition) is 11. The first-order chi connectivity index (χ1) is 20.6. The van der Waals surface area contributed by atoms with Crippen LogP contribution in [0.15, 0.2) is 69.8 Å². The Morgan fingerprint density at radius 3 is 1.47 bits per heavy atom. The zero-order chi connectivity index (χ0) is 31.3. The van der Waals surface area contributed by atoms with Gasteiger partial charge in [-0.3, -0.25) is 9.59 Å². The molecule has 6 rings (SSSR count). The van der Waals surface area contributed by atoms with Crippen LogP contribution in [0.2, 0.25) is 0 Å². The van der Waals surface area contributed by atoms with Gasteiger partial charge in [-0.15, -0.1) is 22.7 Å². The molecule has 0 saturated carbocycles. The molecule has 2 aromatic rings. The minimum absolute atomic E-state index is 0.0718. The second kappa shape index (κ2) is 13.9. The number of hydrogen-bond donors (Lipinski definition) is 3. The third kappa shape index (κ3) is 6.60. The highest BCUT2D eigenvalue weighted by Gasteiger charge is 2.39. The van der Waals surface area contributed by atoms with Crippen LogP contribution in [-0.2, 0) is 19.1 Å². The van der Waals surface area contributed by atoms with Crippen molar-refractivity contribution in [3.8, 4) is 12.1 Å². The number of carbonyl (C=O) groups excluding carboxylic acids is 2. The Balaban J connectivity index is 0.000000181. The zero-order valence-electron chi connectivity index (χ0n) is 24.4. The minimum atomic E-state index is -0.352. The maximum absolute atomic E-state index is 12.3. The van der Waals surface area contributed by atoms with Gasteiger partial charge in [-0.2, -0.15) is 10.5 Å². The summed E-state index contributed by atoms with van der Waals surface area (Å²) in [5, 5.41) is 26.3. The number of aliphatic hydroxyl groups excluding tert-OH is 1. The van der Waals surface area contributed by atoms with Crippen molar-refractivity contribution in [1.82, 2.24) is 0 Å². The van der Waals surface area contributed by atoms with Crippen LogP contribution in [0.3, 0.4) is 0 Å². The molecular formula is C32H34N4O5S2. The van der Waals surface area contributed by atoms with Crippen molar-refractivity contribution in [3.05, 3.63) is 89.4 Å². The third-order valence-corrected chi connectivity index (χ3v) is 9.43. The quantitative estimate of drug-likeness (QED) is 0.379. The van der Waals surface area contributed by atoms with E-state index in [4.69, 9.17) is 26.0 Å². The van der Waals surface area contributed by atoms with E-state index in [0.717, 1.165) is 32.4 Å². The fourth-order valence-corrected chi connectivity index (χ4v) is 7.49. The Labute approximate surface area is 259 Å². The highest BCUT2D eigenvalue weighted by atomic mass is 32.1. The summed E-state index contributed by atoms with van der Waals surface area (Å²) in [6.45, 7) is 5.94. The van der Waals surface area contributed by atoms with Gasteiger partial charge in [-0.25, -0.2) is 0 Å². The lowest BCUT2D eigenvalue weighted by molar-refractivity contribution is -0.117. The number of allylic oxidation sites excluding steroid dienone is 6. The summed E-state index contributed by atoms with van der Waals surface area (Å²) in [5.41, 5.74) is 13.7. The molecule has 5 N–H and O–H groups in total. The van der Waals surface area contributed by atoms with Gasteiger partial charge in [-0.05, 0) is 57.9 Å². The second-order valence-electron chi connectivity index (χ2n) is 10.3. The number of aliphatic hydroxyl groups is 1. The van der Waals surface area contributed by atoms with Crippen LogP contribution in [0, 0.1) is 36.5 Å². The number of Topliss-reactive ketones (excluding diaryl/α,β-unsaturated/α-hetero) is 2. The molecule has 0 spiro atoms. The van der Waals surface area contributed by atoms with Crippen molar-refractivity contribution in [2.24, 2.45) is 11.5 Å². The number of thiophene rings is 2. The molecule has 0 saturated heterocycles. The van der Waals surface area contributed by atoms with E-state index in [1.807, 2.05) is 38.1 Å². The van der Waals surface area contributed by atoms with Crippen molar-refractivity contribution < 1.29 is 24.2 Å². The van der Waals surface area contributed by atoms with Crippen LogP contribution in [-0.4, -0.2) is 23.3 Å². The molecule has 2 unspecified atom stereocenters. The number of nitrogens with two attached hydrogens (primary N) is 2. The number of nitriles is 2. The smallest absolute Gasteiger partial charge is 0.205 e. The van der Waals surface area contributed by atoms with Gasteiger partial charge in [0.2, 0.25) is 11.8 Å². The monoisotopic (exact) mass is 618 g/mol. The number of aryl methyl sites for hydroxylation is 2. The lowest BCUT2D eigenvalue weighted by Crippen LogP contribution is -2.26. The third-order valence-electron chi connectivity index (χ3n) is 7.30. The molecule has 0 amide bonds. The summed E-state index contributed by atoms with van der Waals surface area (Å²) in [4.78, 5) is 28.8. The Bertz CT molecular complexity index is 1520. The largest absolute Gasteiger partial charge is 0.444 e. The van der Waals surface area contributed by atoms with Crippen LogP contribution in [0.1, 0.15) is 76.8 Å². The van der Waals surface area contributed by atoms with Crippen LogP contribution in [0.4, 0.5) is 0 Å². The van der Waals surface area contributed by atoms with E-state index < -0.39 is 0 Å². The Hall–Kier alpha value is -4.16. The molecule has 224 valence electrons. The number of rotatable bonds is 2. The molecule has 11 heteroatoms. The lowest BCUT2D eigenvalue weighted by atomic mass is 9.80. The molecule has 4 heterocycles. The van der Waals surface area contributed by atoms with E-state index in [0.29, 0.717) is 59.5 Å². The molecule has 0 aromatic carbocycles. The van der Waals surface area contributed by atoms with Gasteiger partial charge >= 0.3 is 0 Å². The molecule has 2 aliphatic carbocycles. The molecule has 2 atom stereocenters. The fourth-order valence-electron chi connectivity index (χ4n) is 5.50. The van der Waals surface area contributed by atoms with Crippen LogP contribution in [0.5, 0.6) is 0 Å². The van der Waals surface area contributed by atoms with Gasteiger partial charge in [0.15, 0.2) is 11.6 Å². The van der Waals surface area contributed by atoms with E-state index in [9.17, 15) is 20.1 Å². The first-order valence-corrected chi connectivity index (χ1v) is 15.7. The van der Waals surface area contributed by atoms with Crippen molar-refractivity contribution in [3.63, 3.8) is 0 Å². The van der Waals surface area contributed by atoms with Crippen molar-refractivity contribution in [2.45, 2.75) is 71.1 Å². The van der Waals surface area contributed by atoms with E-state index in [1.54, 1.807) is 29.6 Å². The van der Waals surface area contributed by atoms with Gasteiger partial charge in [-0.1, -0.05) is 0 Å². The molecule has 9 nitrogen and oxygen atoms in total. The van der Waals surface area contributed by atoms with E-state index in [2.05, 4.69) is 12.1 Å². The van der Waals surface area contributed by atoms with Crippen LogP contribution < -0.4 is 11.5 Å². The van der Waals surface area contributed by atoms with Gasteiger partial charge in [0.25, 0.3) is 0 Å². The standard InChI is InChI=1S/2C15H14N2O2S.C2H6O/c2*1-8-5-6-12(20-8)13-9(7-16)15(17)19-11-4-2-3-10(18)14(11)13;1-2-3/h2*5-6,13H,2-4,17H2,1H3;3H,2H2,1H3. The number of nitrogens with zero attached hydrogens (tertiary/aromatic N) is 2. The number of ether oxygens (including phenoxy) is 2. The SMILES string of the molecule is CCO.Cc1ccc(C2C(C#N)=C(N)OC3=C2C(=O)CCC3)s1.Cc1ccc(C2C(C#N)=C(N)OC3=C2C(=O)CCC3)s1. The topological polar surface area (TPSA) is 172 Å². The molecular weight excluding hydrogens is 585 g/mol. The van der Waals surface area contributed by atoms with E-state index in [1.165, 1.54) is 0 Å². The summed E-state index contributed by atoms with van der Waals surface area (Å²) in [7, 11) is 0. The summed E-state index contributed by atoms with van der Waals surface area (Å²) < 4.78 is 11.0. The maximum atomic E-state index is 12.3. The Morgan fingerprint density at radius 1 is 0.791 bits per heavy atom. The van der Waals surface area contributed by atoms with Crippen LogP contribution >= 0.6 is 22.7 Å². The average Bonchev–Trinajstić information content (AvgIpc) is 3.60. The Kier molecular flexibility index (Phi) is 10.3. The highest BCUT2D eigenvalue weighted by Crippen LogP contribution is 2.46. The first kappa shape index (κ1) is 31.8. The predicted molar refractivity (Wildman–Crippen MR) is 164 cm³/mol. The van der Waals surface area contributed by atoms with Crippen molar-refractivity contribution in [1.29, 1.82) is 10.5 Å². The molecule has 4 aliphatic rings. The molecule has 0 bridgehead atoms. The average molecular weight is 619 g/mol. The second-order valence-corrected chi connectivity index (χ2v) is 12.9. The summed E-state index contributed by atoms with van der Waals surface area (Å²) in [6, 6.07) is 12.1. The molecule has 43 heavy (non-hydrogen) atoms. The lowest BCUT2D eigenvalue weighted by Gasteiger charge is -2.30. The first-order valence-electron chi connectivity index (χ1n) is 14.1.